The molecule has 0 aromatic heterocycles. The maximum Gasteiger partial charge on any atom is 0.0770 e. The number of fused-ring (bicyclic) bond motifs is 4. The van der Waals surface area contributed by atoms with Gasteiger partial charge in [-0.2, -0.15) is 0 Å². The Morgan fingerprint density at radius 1 is 0.654 bits per heavy atom. The molecule has 26 heavy (non-hydrogen) atoms. The summed E-state index contributed by atoms with van der Waals surface area (Å²) in [5.41, 5.74) is 7.50. The highest BCUT2D eigenvalue weighted by atomic mass is 16.3. The van der Waals surface area contributed by atoms with E-state index in [0.717, 1.165) is 10.9 Å². The Labute approximate surface area is 153 Å². The molecule has 0 saturated heterocycles. The first-order valence-electron chi connectivity index (χ1n) is 9.13. The van der Waals surface area contributed by atoms with Gasteiger partial charge in [-0.3, -0.25) is 0 Å². The van der Waals surface area contributed by atoms with E-state index in [9.17, 15) is 5.11 Å². The van der Waals surface area contributed by atoms with Crippen LogP contribution in [0.5, 0.6) is 0 Å². The molecule has 0 aliphatic heterocycles. The third-order valence-electron chi connectivity index (χ3n) is 5.57. The fourth-order valence-corrected chi connectivity index (χ4v) is 4.52. The molecule has 4 aromatic carbocycles. The first-order chi connectivity index (χ1) is 12.8. The second-order valence-corrected chi connectivity index (χ2v) is 7.07. The van der Waals surface area contributed by atoms with Crippen LogP contribution in [0.2, 0.25) is 0 Å². The van der Waals surface area contributed by atoms with Gasteiger partial charge in [-0.1, -0.05) is 84.9 Å². The monoisotopic (exact) mass is 336 g/mol. The molecule has 1 nitrogen and oxygen atoms in total. The molecule has 126 valence electrons. The molecular weight excluding hydrogens is 316 g/mol. The van der Waals surface area contributed by atoms with Gasteiger partial charge in [0.15, 0.2) is 0 Å². The number of rotatable bonds is 2. The van der Waals surface area contributed by atoms with Gasteiger partial charge in [0.1, 0.15) is 0 Å². The van der Waals surface area contributed by atoms with Crippen molar-refractivity contribution in [3.05, 3.63) is 107 Å². The van der Waals surface area contributed by atoms with E-state index in [4.69, 9.17) is 0 Å². The van der Waals surface area contributed by atoms with E-state index in [1.807, 2.05) is 13.0 Å². The summed E-state index contributed by atoms with van der Waals surface area (Å²) in [5.74, 6) is 0.164. The maximum atomic E-state index is 10.7. The number of benzene rings is 4. The quantitative estimate of drug-likeness (QED) is 0.416. The van der Waals surface area contributed by atoms with E-state index < -0.39 is 6.10 Å². The molecule has 0 radical (unpaired) electrons. The summed E-state index contributed by atoms with van der Waals surface area (Å²) in [4.78, 5) is 0. The normalized spacial score (nSPS) is 14.2. The molecule has 0 fully saturated rings. The van der Waals surface area contributed by atoms with Crippen LogP contribution in [-0.4, -0.2) is 5.11 Å². The van der Waals surface area contributed by atoms with Crippen LogP contribution in [0.15, 0.2) is 84.9 Å². The zero-order valence-electron chi connectivity index (χ0n) is 14.7. The highest BCUT2D eigenvalue weighted by Crippen LogP contribution is 2.49. The highest BCUT2D eigenvalue weighted by molar-refractivity contribution is 5.89. The average molecular weight is 336 g/mol. The van der Waals surface area contributed by atoms with Crippen LogP contribution >= 0.6 is 0 Å². The Bertz CT molecular complexity index is 1080. The van der Waals surface area contributed by atoms with Gasteiger partial charge in [-0.15, -0.1) is 0 Å². The van der Waals surface area contributed by atoms with Crippen LogP contribution in [0.25, 0.3) is 21.9 Å². The predicted octanol–water partition coefficient (Wildman–Crippen LogP) is 6.05. The molecule has 5 rings (SSSR count). The lowest BCUT2D eigenvalue weighted by Gasteiger charge is -2.22. The second kappa shape index (κ2) is 5.82. The first kappa shape index (κ1) is 15.4. The molecule has 0 amide bonds. The molecule has 1 aliphatic rings. The molecule has 1 heteroatoms. The van der Waals surface area contributed by atoms with E-state index in [1.54, 1.807) is 0 Å². The summed E-state index contributed by atoms with van der Waals surface area (Å²) < 4.78 is 0. The molecule has 0 spiro atoms. The summed E-state index contributed by atoms with van der Waals surface area (Å²) in [6.45, 7) is 1.87. The average Bonchev–Trinajstić information content (AvgIpc) is 3.01. The van der Waals surface area contributed by atoms with Crippen molar-refractivity contribution in [2.45, 2.75) is 18.9 Å². The van der Waals surface area contributed by atoms with Gasteiger partial charge in [-0.25, -0.2) is 0 Å². The first-order valence-corrected chi connectivity index (χ1v) is 9.13. The standard InChI is InChI=1S/C25H20O/c1-16(26)24-18-9-3-2-8-17(18)14-15-23(24)25-21-12-6-4-10-19(21)20-11-5-7-13-22(20)25/h2-16,25-26H,1H3. The minimum absolute atomic E-state index is 0.164. The van der Waals surface area contributed by atoms with Gasteiger partial charge in [0, 0.05) is 5.92 Å². The molecule has 1 atom stereocenters. The minimum Gasteiger partial charge on any atom is -0.389 e. The fourth-order valence-electron chi connectivity index (χ4n) is 4.52. The second-order valence-electron chi connectivity index (χ2n) is 7.07. The highest BCUT2D eigenvalue weighted by Gasteiger charge is 2.31. The lowest BCUT2D eigenvalue weighted by atomic mass is 9.83. The van der Waals surface area contributed by atoms with Gasteiger partial charge < -0.3 is 5.11 Å². The summed E-state index contributed by atoms with van der Waals surface area (Å²) in [5, 5.41) is 13.0. The van der Waals surface area contributed by atoms with E-state index in [-0.39, 0.29) is 5.92 Å². The summed E-state index contributed by atoms with van der Waals surface area (Å²) in [6.07, 6.45) is -0.518. The number of hydrogen-bond donors (Lipinski definition) is 1. The summed E-state index contributed by atoms with van der Waals surface area (Å²) in [7, 11) is 0. The summed E-state index contributed by atoms with van der Waals surface area (Å²) in [6, 6.07) is 30.0. The van der Waals surface area contributed by atoms with Crippen molar-refractivity contribution >= 4 is 10.8 Å². The van der Waals surface area contributed by atoms with Crippen LogP contribution in [0.4, 0.5) is 0 Å². The molecule has 0 bridgehead atoms. The molecule has 0 heterocycles. The van der Waals surface area contributed by atoms with Crippen LogP contribution in [0, 0.1) is 0 Å². The molecule has 1 unspecified atom stereocenters. The van der Waals surface area contributed by atoms with E-state index in [0.29, 0.717) is 0 Å². The topological polar surface area (TPSA) is 20.2 Å². The minimum atomic E-state index is -0.518. The third-order valence-corrected chi connectivity index (χ3v) is 5.57. The molecule has 1 aliphatic carbocycles. The van der Waals surface area contributed by atoms with E-state index in [2.05, 4.69) is 78.9 Å². The Hall–Kier alpha value is -2.90. The van der Waals surface area contributed by atoms with E-state index >= 15 is 0 Å². The maximum absolute atomic E-state index is 10.7. The zero-order valence-corrected chi connectivity index (χ0v) is 14.7. The van der Waals surface area contributed by atoms with Crippen molar-refractivity contribution < 1.29 is 5.11 Å². The fraction of sp³-hybridized carbons (Fsp3) is 0.120. The van der Waals surface area contributed by atoms with Crippen LogP contribution in [0.1, 0.15) is 41.2 Å². The van der Waals surface area contributed by atoms with Crippen molar-refractivity contribution in [1.29, 1.82) is 0 Å². The number of aliphatic hydroxyl groups excluding tert-OH is 1. The van der Waals surface area contributed by atoms with E-state index in [1.165, 1.54) is 33.2 Å². The van der Waals surface area contributed by atoms with Crippen molar-refractivity contribution in [3.63, 3.8) is 0 Å². The van der Waals surface area contributed by atoms with Crippen molar-refractivity contribution in [3.8, 4) is 11.1 Å². The van der Waals surface area contributed by atoms with Gasteiger partial charge in [-0.05, 0) is 51.1 Å². The Morgan fingerprint density at radius 3 is 1.88 bits per heavy atom. The molecule has 4 aromatic rings. The van der Waals surface area contributed by atoms with Crippen molar-refractivity contribution in [2.75, 3.05) is 0 Å². The number of aliphatic hydroxyl groups is 1. The Kier molecular flexibility index (Phi) is 3.44. The van der Waals surface area contributed by atoms with Crippen LogP contribution < -0.4 is 0 Å². The lowest BCUT2D eigenvalue weighted by Crippen LogP contribution is -2.06. The number of hydrogen-bond acceptors (Lipinski definition) is 1. The molecular formula is C25H20O. The zero-order chi connectivity index (χ0) is 17.7. The smallest absolute Gasteiger partial charge is 0.0770 e. The van der Waals surface area contributed by atoms with Crippen molar-refractivity contribution in [2.24, 2.45) is 0 Å². The van der Waals surface area contributed by atoms with Gasteiger partial charge in [0.25, 0.3) is 0 Å². The van der Waals surface area contributed by atoms with Gasteiger partial charge >= 0.3 is 0 Å². The predicted molar refractivity (Wildman–Crippen MR) is 107 cm³/mol. The molecule has 1 N–H and O–H groups in total. The Morgan fingerprint density at radius 2 is 1.23 bits per heavy atom. The van der Waals surface area contributed by atoms with Crippen molar-refractivity contribution in [1.82, 2.24) is 0 Å². The largest absolute Gasteiger partial charge is 0.389 e. The lowest BCUT2D eigenvalue weighted by molar-refractivity contribution is 0.199. The van der Waals surface area contributed by atoms with Crippen LogP contribution in [0.3, 0.4) is 0 Å². The van der Waals surface area contributed by atoms with Crippen LogP contribution in [-0.2, 0) is 0 Å². The van der Waals surface area contributed by atoms with Gasteiger partial charge in [0.2, 0.25) is 0 Å². The Balaban J connectivity index is 1.85. The third kappa shape index (κ3) is 2.14. The van der Waals surface area contributed by atoms with Gasteiger partial charge in [0.05, 0.1) is 6.10 Å². The SMILES string of the molecule is CC(O)c1c(C2c3ccccc3-c3ccccc32)ccc2ccccc12. The summed E-state index contributed by atoms with van der Waals surface area (Å²) >= 11 is 0. The molecule has 0 saturated carbocycles.